The standard InChI is InChI=1S/C30H24O14S/c31-28(32)19-2-3-20(16-40-37)21(14-19)17-41-43-23-4-6-24(7-5-23)44-45(38)25-10-8-22(9-11-25)42-30(35)27-13-18(15-39-36)1-12-26(27)29(33)34/h1-14,36-37H,15-17H2,(H,31,32)(H,33,34). The third-order valence-corrected chi connectivity index (χ3v) is 7.03. The van der Waals surface area contributed by atoms with Gasteiger partial charge in [-0.3, -0.25) is 10.5 Å². The Morgan fingerprint density at radius 2 is 1.31 bits per heavy atom. The summed E-state index contributed by atoms with van der Waals surface area (Å²) in [4.78, 5) is 54.3. The minimum absolute atomic E-state index is 0.0197. The number of rotatable bonds is 15. The second-order valence-corrected chi connectivity index (χ2v) is 10.1. The molecular formula is C30H24O14S. The lowest BCUT2D eigenvalue weighted by Crippen LogP contribution is -2.15. The number of aromatic carboxylic acids is 2. The summed E-state index contributed by atoms with van der Waals surface area (Å²) in [5, 5.41) is 36.0. The van der Waals surface area contributed by atoms with Crippen LogP contribution in [0.15, 0.2) is 89.8 Å². The fourth-order valence-corrected chi connectivity index (χ4v) is 4.58. The summed E-state index contributed by atoms with van der Waals surface area (Å²) < 4.78 is 23.4. The molecule has 0 fully saturated rings. The molecular weight excluding hydrogens is 616 g/mol. The Morgan fingerprint density at radius 3 is 1.96 bits per heavy atom. The second kappa shape index (κ2) is 15.5. The average molecular weight is 641 g/mol. The zero-order valence-corrected chi connectivity index (χ0v) is 23.8. The van der Waals surface area contributed by atoms with Crippen molar-refractivity contribution in [3.63, 3.8) is 0 Å². The molecule has 15 heteroatoms. The van der Waals surface area contributed by atoms with Gasteiger partial charge in [0.15, 0.2) is 5.75 Å². The summed E-state index contributed by atoms with van der Waals surface area (Å²) in [5.74, 6) is -2.91. The largest absolute Gasteiger partial charge is 0.478 e. The molecule has 0 saturated carbocycles. The van der Waals surface area contributed by atoms with E-state index in [-0.39, 0.29) is 58.7 Å². The Balaban J connectivity index is 1.32. The Labute approximate surface area is 257 Å². The summed E-state index contributed by atoms with van der Waals surface area (Å²) in [7, 11) is 0. The molecule has 4 aromatic carbocycles. The van der Waals surface area contributed by atoms with Crippen LogP contribution in [0, 0.1) is 0 Å². The van der Waals surface area contributed by atoms with E-state index < -0.39 is 29.0 Å². The van der Waals surface area contributed by atoms with Crippen molar-refractivity contribution in [1.29, 1.82) is 0 Å². The third kappa shape index (κ3) is 8.93. The monoisotopic (exact) mass is 640 g/mol. The molecule has 45 heavy (non-hydrogen) atoms. The first-order valence-electron chi connectivity index (χ1n) is 12.7. The molecule has 0 radical (unpaired) electrons. The van der Waals surface area contributed by atoms with Crippen molar-refractivity contribution < 1.29 is 67.8 Å². The Morgan fingerprint density at radius 1 is 0.644 bits per heavy atom. The molecule has 0 aliphatic carbocycles. The van der Waals surface area contributed by atoms with Crippen LogP contribution < -0.4 is 13.8 Å². The number of carbonyl (C=O) groups excluding carboxylic acids is 1. The van der Waals surface area contributed by atoms with Crippen molar-refractivity contribution in [3.8, 4) is 17.2 Å². The normalized spacial score (nSPS) is 11.4. The number of esters is 1. The third-order valence-electron chi connectivity index (χ3n) is 6.03. The average Bonchev–Trinajstić information content (AvgIpc) is 3.03. The van der Waals surface area contributed by atoms with Gasteiger partial charge in [0.1, 0.15) is 31.3 Å². The van der Waals surface area contributed by atoms with E-state index in [1.54, 1.807) is 0 Å². The highest BCUT2D eigenvalue weighted by Gasteiger charge is 2.20. The number of benzene rings is 4. The summed E-state index contributed by atoms with van der Waals surface area (Å²) in [6.45, 7) is -0.600. The highest BCUT2D eigenvalue weighted by Crippen LogP contribution is 2.24. The molecule has 0 heterocycles. The van der Waals surface area contributed by atoms with Gasteiger partial charge in [0.05, 0.1) is 21.6 Å². The van der Waals surface area contributed by atoms with Gasteiger partial charge >= 0.3 is 17.9 Å². The van der Waals surface area contributed by atoms with Crippen LogP contribution >= 0.6 is 0 Å². The van der Waals surface area contributed by atoms with E-state index in [1.165, 1.54) is 84.9 Å². The minimum atomic E-state index is -1.96. The van der Waals surface area contributed by atoms with Gasteiger partial charge in [0.2, 0.25) is 11.1 Å². The molecule has 4 aromatic rings. The minimum Gasteiger partial charge on any atom is -0.478 e. The first kappa shape index (κ1) is 32.7. The topological polar surface area (TPSA) is 205 Å². The van der Waals surface area contributed by atoms with Gasteiger partial charge in [-0.25, -0.2) is 28.4 Å². The molecule has 0 spiro atoms. The lowest BCUT2D eigenvalue weighted by Gasteiger charge is -2.11. The van der Waals surface area contributed by atoms with Gasteiger partial charge in [0.25, 0.3) is 0 Å². The van der Waals surface area contributed by atoms with Gasteiger partial charge in [-0.2, -0.15) is 4.89 Å². The Hall–Kier alpha value is -5.16. The maximum absolute atomic E-state index is 12.7. The molecule has 0 aromatic heterocycles. The maximum Gasteiger partial charge on any atom is 0.344 e. The maximum atomic E-state index is 12.7. The van der Waals surface area contributed by atoms with Crippen LogP contribution in [0.2, 0.25) is 0 Å². The smallest absolute Gasteiger partial charge is 0.344 e. The molecule has 0 aliphatic heterocycles. The summed E-state index contributed by atoms with van der Waals surface area (Å²) in [5.41, 5.74) is 0.730. The van der Waals surface area contributed by atoms with Crippen LogP contribution in [0.1, 0.15) is 47.8 Å². The number of hydrogen-bond donors (Lipinski definition) is 4. The Bertz CT molecular complexity index is 1690. The van der Waals surface area contributed by atoms with Crippen LogP contribution in [0.5, 0.6) is 17.2 Å². The summed E-state index contributed by atoms with van der Waals surface area (Å²) >= 11 is -1.96. The van der Waals surface area contributed by atoms with Gasteiger partial charge in [-0.05, 0) is 89.5 Å². The van der Waals surface area contributed by atoms with Gasteiger partial charge in [-0.1, -0.05) is 12.1 Å². The van der Waals surface area contributed by atoms with E-state index in [1.807, 2.05) is 0 Å². The highest BCUT2D eigenvalue weighted by molar-refractivity contribution is 7.80. The van der Waals surface area contributed by atoms with Crippen LogP contribution in [-0.2, 0) is 45.6 Å². The van der Waals surface area contributed by atoms with Crippen LogP contribution in [0.4, 0.5) is 0 Å². The Kier molecular flexibility index (Phi) is 11.3. The van der Waals surface area contributed by atoms with Gasteiger partial charge in [-0.15, -0.1) is 0 Å². The summed E-state index contributed by atoms with van der Waals surface area (Å²) in [6.07, 6.45) is 0. The van der Waals surface area contributed by atoms with Crippen LogP contribution in [0.3, 0.4) is 0 Å². The molecule has 1 atom stereocenters. The molecule has 4 rings (SSSR count). The van der Waals surface area contributed by atoms with Crippen molar-refractivity contribution in [1.82, 2.24) is 0 Å². The van der Waals surface area contributed by atoms with E-state index in [4.69, 9.17) is 29.2 Å². The molecule has 4 N–H and O–H groups in total. The second-order valence-electron chi connectivity index (χ2n) is 9.02. The van der Waals surface area contributed by atoms with Crippen molar-refractivity contribution in [2.45, 2.75) is 24.7 Å². The van der Waals surface area contributed by atoms with E-state index >= 15 is 0 Å². The number of ether oxygens (including phenoxy) is 1. The predicted molar refractivity (Wildman–Crippen MR) is 152 cm³/mol. The lowest BCUT2D eigenvalue weighted by atomic mass is 10.0. The number of carboxylic acids is 2. The van der Waals surface area contributed by atoms with E-state index in [0.29, 0.717) is 16.7 Å². The van der Waals surface area contributed by atoms with E-state index in [0.717, 1.165) is 0 Å². The molecule has 0 saturated heterocycles. The zero-order valence-electron chi connectivity index (χ0n) is 23.0. The SMILES string of the molecule is O=C(O)c1ccc(COO)c(COOc2ccc(OS(=O)c3ccc(OC(=O)c4cc(COO)ccc4C(=O)O)cc3)cc2)c1. The van der Waals surface area contributed by atoms with E-state index in [2.05, 4.69) is 9.78 Å². The quantitative estimate of drug-likeness (QED) is 0.0591. The first-order valence-corrected chi connectivity index (χ1v) is 13.8. The molecule has 234 valence electrons. The van der Waals surface area contributed by atoms with Gasteiger partial charge in [0, 0.05) is 0 Å². The first-order chi connectivity index (χ1) is 21.7. The fraction of sp³-hybridized carbons (Fsp3) is 0.100. The van der Waals surface area contributed by atoms with Crippen molar-refractivity contribution in [3.05, 3.63) is 118 Å². The summed E-state index contributed by atoms with van der Waals surface area (Å²) in [6, 6.07) is 19.4. The highest BCUT2D eigenvalue weighted by atomic mass is 32.2. The van der Waals surface area contributed by atoms with E-state index in [9.17, 15) is 28.8 Å². The van der Waals surface area contributed by atoms with Crippen molar-refractivity contribution in [2.24, 2.45) is 0 Å². The van der Waals surface area contributed by atoms with Crippen molar-refractivity contribution >= 4 is 29.0 Å². The number of carboxylic acid groups (broad SMARTS) is 2. The molecule has 1 unspecified atom stereocenters. The number of hydrogen-bond acceptors (Lipinski definition) is 12. The lowest BCUT2D eigenvalue weighted by molar-refractivity contribution is -0.253. The molecule has 0 aliphatic rings. The molecule has 14 nitrogen and oxygen atoms in total. The van der Waals surface area contributed by atoms with Crippen LogP contribution in [-0.4, -0.2) is 42.8 Å². The fourth-order valence-electron chi connectivity index (χ4n) is 3.84. The number of carbonyl (C=O) groups is 3. The van der Waals surface area contributed by atoms with Gasteiger partial charge < -0.3 is 24.0 Å². The molecule has 0 amide bonds. The molecule has 0 bridgehead atoms. The zero-order chi connectivity index (χ0) is 32.3. The van der Waals surface area contributed by atoms with Crippen molar-refractivity contribution in [2.75, 3.05) is 0 Å². The van der Waals surface area contributed by atoms with Crippen LogP contribution in [0.25, 0.3) is 0 Å². The predicted octanol–water partition coefficient (Wildman–Crippen LogP) is 4.89.